The van der Waals surface area contributed by atoms with E-state index in [4.69, 9.17) is 0 Å². The minimum Gasteiger partial charge on any atom is -0.350 e. The van der Waals surface area contributed by atoms with Crippen molar-refractivity contribution >= 4 is 43.7 Å². The molecule has 0 unspecified atom stereocenters. The third kappa shape index (κ3) is 2.77. The van der Waals surface area contributed by atoms with E-state index in [0.717, 1.165) is 16.7 Å². The molecule has 0 saturated heterocycles. The number of rotatable bonds is 5. The van der Waals surface area contributed by atoms with E-state index in [0.29, 0.717) is 17.6 Å². The molecule has 0 bridgehead atoms. The minimum absolute atomic E-state index is 0.220. The second-order valence-electron chi connectivity index (χ2n) is 6.14. The Morgan fingerprint density at radius 1 is 1.08 bits per heavy atom. The van der Waals surface area contributed by atoms with Crippen molar-refractivity contribution in [2.75, 3.05) is 10.8 Å². The number of amides is 1. The van der Waals surface area contributed by atoms with Crippen LogP contribution in [0.2, 0.25) is 0 Å². The SMILES string of the molecule is CCc1ccc(CNC(=O)CN2c3cccc4cccc(c34)S2(=O)=O)s1. The number of benzene rings is 2. The van der Waals surface area contributed by atoms with Crippen LogP contribution in [0.5, 0.6) is 0 Å². The second-order valence-corrected chi connectivity index (χ2v) is 9.22. The van der Waals surface area contributed by atoms with Gasteiger partial charge in [-0.2, -0.15) is 0 Å². The first-order chi connectivity index (χ1) is 12.5. The van der Waals surface area contributed by atoms with Gasteiger partial charge in [-0.25, -0.2) is 8.42 Å². The largest absolute Gasteiger partial charge is 0.350 e. The van der Waals surface area contributed by atoms with Crippen LogP contribution >= 0.6 is 11.3 Å². The third-order valence-corrected chi connectivity index (χ3v) is 7.53. The molecule has 0 atom stereocenters. The monoisotopic (exact) mass is 386 g/mol. The highest BCUT2D eigenvalue weighted by Crippen LogP contribution is 2.41. The Kier molecular flexibility index (Phi) is 4.20. The molecule has 4 rings (SSSR count). The molecule has 0 radical (unpaired) electrons. The smallest absolute Gasteiger partial charge is 0.265 e. The molecular formula is C19H18N2O3S2. The van der Waals surface area contributed by atoms with Crippen LogP contribution in [0.15, 0.2) is 53.4 Å². The zero-order chi connectivity index (χ0) is 18.3. The Morgan fingerprint density at radius 2 is 1.81 bits per heavy atom. The lowest BCUT2D eigenvalue weighted by Crippen LogP contribution is -2.38. The van der Waals surface area contributed by atoms with E-state index in [9.17, 15) is 13.2 Å². The molecule has 1 N–H and O–H groups in total. The van der Waals surface area contributed by atoms with Gasteiger partial charge in [-0.3, -0.25) is 9.10 Å². The quantitative estimate of drug-likeness (QED) is 0.732. The van der Waals surface area contributed by atoms with E-state index in [2.05, 4.69) is 18.3 Å². The van der Waals surface area contributed by atoms with Crippen LogP contribution in [0.25, 0.3) is 10.8 Å². The predicted molar refractivity (Wildman–Crippen MR) is 104 cm³/mol. The number of anilines is 1. The highest BCUT2D eigenvalue weighted by Gasteiger charge is 2.36. The maximum Gasteiger partial charge on any atom is 0.265 e. The highest BCUT2D eigenvalue weighted by atomic mass is 32.2. The fraction of sp³-hybridized carbons (Fsp3) is 0.211. The number of carbonyl (C=O) groups excluding carboxylic acids is 1. The summed E-state index contributed by atoms with van der Waals surface area (Å²) in [7, 11) is -3.70. The summed E-state index contributed by atoms with van der Waals surface area (Å²) in [6, 6.07) is 14.7. The lowest BCUT2D eigenvalue weighted by atomic mass is 10.1. The summed E-state index contributed by atoms with van der Waals surface area (Å²) in [4.78, 5) is 15.0. The van der Waals surface area contributed by atoms with E-state index < -0.39 is 10.0 Å². The summed E-state index contributed by atoms with van der Waals surface area (Å²) in [5.74, 6) is -0.315. The van der Waals surface area contributed by atoms with Gasteiger partial charge in [0.2, 0.25) is 5.91 Å². The van der Waals surface area contributed by atoms with Crippen molar-refractivity contribution in [2.24, 2.45) is 0 Å². The third-order valence-electron chi connectivity index (χ3n) is 4.49. The number of hydrogen-bond donors (Lipinski definition) is 1. The first-order valence-electron chi connectivity index (χ1n) is 8.39. The molecule has 0 saturated carbocycles. The summed E-state index contributed by atoms with van der Waals surface area (Å²) in [5.41, 5.74) is 0.567. The molecule has 1 amide bonds. The van der Waals surface area contributed by atoms with Crippen molar-refractivity contribution < 1.29 is 13.2 Å². The van der Waals surface area contributed by atoms with Crippen LogP contribution in [-0.2, 0) is 27.8 Å². The van der Waals surface area contributed by atoms with E-state index in [1.165, 1.54) is 9.18 Å². The number of hydrogen-bond acceptors (Lipinski definition) is 4. The summed E-state index contributed by atoms with van der Waals surface area (Å²) >= 11 is 1.66. The lowest BCUT2D eigenvalue weighted by Gasteiger charge is -2.18. The molecule has 1 aromatic heterocycles. The molecule has 0 aliphatic carbocycles. The topological polar surface area (TPSA) is 66.5 Å². The molecule has 134 valence electrons. The van der Waals surface area contributed by atoms with Gasteiger partial charge in [0, 0.05) is 15.1 Å². The van der Waals surface area contributed by atoms with Crippen molar-refractivity contribution in [3.8, 4) is 0 Å². The summed E-state index contributed by atoms with van der Waals surface area (Å²) in [6.07, 6.45) is 0.965. The van der Waals surface area contributed by atoms with Gasteiger partial charge in [-0.05, 0) is 36.1 Å². The number of thiophene rings is 1. The van der Waals surface area contributed by atoms with Crippen LogP contribution in [0.1, 0.15) is 16.7 Å². The Hall–Kier alpha value is -2.38. The average Bonchev–Trinajstić information content (AvgIpc) is 3.18. The number of sulfonamides is 1. The number of nitrogens with one attached hydrogen (secondary N) is 1. The molecule has 7 heteroatoms. The zero-order valence-electron chi connectivity index (χ0n) is 14.2. The molecule has 1 aliphatic rings. The lowest BCUT2D eigenvalue weighted by molar-refractivity contribution is -0.119. The van der Waals surface area contributed by atoms with Gasteiger partial charge in [-0.15, -0.1) is 11.3 Å². The van der Waals surface area contributed by atoms with Crippen molar-refractivity contribution in [2.45, 2.75) is 24.8 Å². The van der Waals surface area contributed by atoms with Crippen molar-refractivity contribution in [1.29, 1.82) is 0 Å². The Morgan fingerprint density at radius 3 is 2.54 bits per heavy atom. The van der Waals surface area contributed by atoms with Gasteiger partial charge >= 0.3 is 0 Å². The Labute approximate surface area is 156 Å². The summed E-state index contributed by atoms with van der Waals surface area (Å²) in [5, 5.41) is 4.37. The molecule has 3 aromatic rings. The number of carbonyl (C=O) groups is 1. The van der Waals surface area contributed by atoms with Crippen LogP contribution in [0, 0.1) is 0 Å². The summed E-state index contributed by atoms with van der Waals surface area (Å²) in [6.45, 7) is 2.28. The van der Waals surface area contributed by atoms with Gasteiger partial charge in [0.05, 0.1) is 17.1 Å². The average molecular weight is 386 g/mol. The van der Waals surface area contributed by atoms with E-state index in [1.807, 2.05) is 24.3 Å². The Bertz CT molecular complexity index is 1100. The van der Waals surface area contributed by atoms with E-state index in [-0.39, 0.29) is 17.3 Å². The van der Waals surface area contributed by atoms with Gasteiger partial charge < -0.3 is 5.32 Å². The molecule has 5 nitrogen and oxygen atoms in total. The van der Waals surface area contributed by atoms with Crippen LogP contribution < -0.4 is 9.62 Å². The fourth-order valence-electron chi connectivity index (χ4n) is 3.21. The molecule has 26 heavy (non-hydrogen) atoms. The second kappa shape index (κ2) is 6.41. The van der Waals surface area contributed by atoms with Crippen molar-refractivity contribution in [3.05, 3.63) is 58.3 Å². The molecular weight excluding hydrogens is 368 g/mol. The molecule has 0 spiro atoms. The predicted octanol–water partition coefficient (Wildman–Crippen LogP) is 3.29. The molecule has 1 aliphatic heterocycles. The number of aryl methyl sites for hydroxylation is 1. The Balaban J connectivity index is 1.55. The van der Waals surface area contributed by atoms with Crippen LogP contribution in [0.4, 0.5) is 5.69 Å². The standard InChI is InChI=1S/C19H18N2O3S2/c1-2-14-9-10-15(25-14)11-20-18(22)12-21-16-7-3-5-13-6-4-8-17(19(13)16)26(21,23)24/h3-10H,2,11-12H2,1H3,(H,20,22). The molecule has 0 fully saturated rings. The minimum atomic E-state index is -3.70. The van der Waals surface area contributed by atoms with Gasteiger partial charge in [0.25, 0.3) is 10.0 Å². The molecule has 2 aromatic carbocycles. The molecule has 2 heterocycles. The fourth-order valence-corrected chi connectivity index (χ4v) is 5.77. The first-order valence-corrected chi connectivity index (χ1v) is 10.6. The zero-order valence-corrected chi connectivity index (χ0v) is 15.9. The first kappa shape index (κ1) is 17.1. The van der Waals surface area contributed by atoms with Crippen molar-refractivity contribution in [1.82, 2.24) is 5.32 Å². The highest BCUT2D eigenvalue weighted by molar-refractivity contribution is 7.93. The van der Waals surface area contributed by atoms with Gasteiger partial charge in [0.1, 0.15) is 6.54 Å². The normalized spacial score (nSPS) is 14.7. The van der Waals surface area contributed by atoms with Gasteiger partial charge in [0.15, 0.2) is 0 Å². The van der Waals surface area contributed by atoms with Crippen LogP contribution in [0.3, 0.4) is 0 Å². The van der Waals surface area contributed by atoms with Gasteiger partial charge in [-0.1, -0.05) is 31.2 Å². The van der Waals surface area contributed by atoms with E-state index in [1.54, 1.807) is 29.5 Å². The maximum atomic E-state index is 12.9. The van der Waals surface area contributed by atoms with Crippen molar-refractivity contribution in [3.63, 3.8) is 0 Å². The maximum absolute atomic E-state index is 12.9. The van der Waals surface area contributed by atoms with Crippen LogP contribution in [-0.4, -0.2) is 20.9 Å². The summed E-state index contributed by atoms with van der Waals surface area (Å²) < 4.78 is 26.9. The van der Waals surface area contributed by atoms with E-state index >= 15 is 0 Å². The number of nitrogens with zero attached hydrogens (tertiary/aromatic N) is 1.